The van der Waals surface area contributed by atoms with Gasteiger partial charge >= 0.3 is 0 Å². The number of aryl methyl sites for hydroxylation is 1. The Balaban J connectivity index is 1.63. The first-order valence-corrected chi connectivity index (χ1v) is 11.3. The maximum absolute atomic E-state index is 13.2. The van der Waals surface area contributed by atoms with Crippen molar-refractivity contribution >= 4 is 56.0 Å². The highest BCUT2D eigenvalue weighted by molar-refractivity contribution is 8.00. The van der Waals surface area contributed by atoms with Gasteiger partial charge in [0.1, 0.15) is 5.82 Å². The zero-order valence-corrected chi connectivity index (χ0v) is 18.4. The van der Waals surface area contributed by atoms with E-state index >= 15 is 0 Å². The average molecular weight is 458 g/mol. The minimum Gasteiger partial charge on any atom is -0.281 e. The number of rotatable bonds is 6. The zero-order valence-electron chi connectivity index (χ0n) is 16.0. The van der Waals surface area contributed by atoms with E-state index in [0.29, 0.717) is 16.7 Å². The summed E-state index contributed by atoms with van der Waals surface area (Å²) >= 11 is 9.05. The summed E-state index contributed by atoms with van der Waals surface area (Å²) in [5, 5.41) is 1.25. The molecule has 0 saturated heterocycles. The van der Waals surface area contributed by atoms with Gasteiger partial charge in [-0.2, -0.15) is 0 Å². The van der Waals surface area contributed by atoms with E-state index in [1.54, 1.807) is 23.2 Å². The number of amides is 1. The average Bonchev–Trinajstić information content (AvgIpc) is 3.19. The van der Waals surface area contributed by atoms with Gasteiger partial charge in [-0.05, 0) is 61.0 Å². The minimum atomic E-state index is -0.300. The van der Waals surface area contributed by atoms with Crippen LogP contribution in [0.25, 0.3) is 10.2 Å². The van der Waals surface area contributed by atoms with Gasteiger partial charge in [0.05, 0.1) is 28.2 Å². The molecule has 8 heteroatoms. The molecule has 4 nitrogen and oxygen atoms in total. The van der Waals surface area contributed by atoms with E-state index in [4.69, 9.17) is 16.6 Å². The van der Waals surface area contributed by atoms with Gasteiger partial charge in [0.15, 0.2) is 5.13 Å². The standard InChI is InChI=1S/C22H17ClFN3OS2/c1-14-18(23)9-10-19-21(14)26-22(30-19)27(12-16-4-2-3-11-25-16)20(28)13-29-17-7-5-15(24)6-8-17/h2-11H,12-13H2,1H3. The third-order valence-electron chi connectivity index (χ3n) is 4.49. The van der Waals surface area contributed by atoms with Crippen molar-refractivity contribution in [1.29, 1.82) is 0 Å². The van der Waals surface area contributed by atoms with Crippen molar-refractivity contribution < 1.29 is 9.18 Å². The van der Waals surface area contributed by atoms with Crippen LogP contribution in [0.2, 0.25) is 5.02 Å². The quantitative estimate of drug-likeness (QED) is 0.327. The van der Waals surface area contributed by atoms with Crippen LogP contribution >= 0.6 is 34.7 Å². The Labute approximate surface area is 186 Å². The van der Waals surface area contributed by atoms with E-state index in [1.165, 1.54) is 35.2 Å². The lowest BCUT2D eigenvalue weighted by molar-refractivity contribution is -0.116. The van der Waals surface area contributed by atoms with Crippen LogP contribution in [0.5, 0.6) is 0 Å². The molecule has 0 atom stereocenters. The molecule has 0 aliphatic heterocycles. The van der Waals surface area contributed by atoms with Crippen molar-refractivity contribution in [3.8, 4) is 0 Å². The second-order valence-electron chi connectivity index (χ2n) is 6.56. The second kappa shape index (κ2) is 9.12. The van der Waals surface area contributed by atoms with Gasteiger partial charge < -0.3 is 0 Å². The first-order chi connectivity index (χ1) is 14.5. The number of carbonyl (C=O) groups is 1. The molecule has 2 aromatic carbocycles. The Morgan fingerprint density at radius 3 is 2.70 bits per heavy atom. The van der Waals surface area contributed by atoms with Gasteiger partial charge in [0.25, 0.3) is 0 Å². The minimum absolute atomic E-state index is 0.0993. The summed E-state index contributed by atoms with van der Waals surface area (Å²) in [5.41, 5.74) is 2.46. The molecule has 4 rings (SSSR count). The number of fused-ring (bicyclic) bond motifs is 1. The monoisotopic (exact) mass is 457 g/mol. The molecule has 0 aliphatic carbocycles. The third-order valence-corrected chi connectivity index (χ3v) is 6.94. The van der Waals surface area contributed by atoms with E-state index in [9.17, 15) is 9.18 Å². The first-order valence-electron chi connectivity index (χ1n) is 9.15. The lowest BCUT2D eigenvalue weighted by Gasteiger charge is -2.19. The molecule has 0 unspecified atom stereocenters. The maximum atomic E-state index is 13.2. The first kappa shape index (κ1) is 20.8. The number of thiazole rings is 1. The van der Waals surface area contributed by atoms with Crippen LogP contribution in [0, 0.1) is 12.7 Å². The molecule has 0 fully saturated rings. The smallest absolute Gasteiger partial charge is 0.239 e. The van der Waals surface area contributed by atoms with Gasteiger partial charge in [-0.25, -0.2) is 9.37 Å². The normalized spacial score (nSPS) is 11.0. The molecular weight excluding hydrogens is 441 g/mol. The highest BCUT2D eigenvalue weighted by atomic mass is 35.5. The fraction of sp³-hybridized carbons (Fsp3) is 0.136. The fourth-order valence-corrected chi connectivity index (χ4v) is 4.84. The molecule has 30 heavy (non-hydrogen) atoms. The molecular formula is C22H17ClFN3OS2. The largest absolute Gasteiger partial charge is 0.281 e. The van der Waals surface area contributed by atoms with Crippen LogP contribution < -0.4 is 4.90 Å². The zero-order chi connectivity index (χ0) is 21.1. The summed E-state index contributed by atoms with van der Waals surface area (Å²) in [6.45, 7) is 2.24. The van der Waals surface area contributed by atoms with E-state index < -0.39 is 0 Å². The van der Waals surface area contributed by atoms with Crippen LogP contribution in [-0.2, 0) is 11.3 Å². The second-order valence-corrected chi connectivity index (χ2v) is 9.02. The Kier molecular flexibility index (Phi) is 6.32. The highest BCUT2D eigenvalue weighted by Crippen LogP contribution is 2.34. The van der Waals surface area contributed by atoms with Crippen molar-refractivity contribution in [3.63, 3.8) is 0 Å². The Morgan fingerprint density at radius 1 is 1.17 bits per heavy atom. The Morgan fingerprint density at radius 2 is 1.97 bits per heavy atom. The lowest BCUT2D eigenvalue weighted by atomic mass is 10.2. The van der Waals surface area contributed by atoms with E-state index in [1.807, 2.05) is 37.3 Å². The van der Waals surface area contributed by atoms with Crippen molar-refractivity contribution in [1.82, 2.24) is 9.97 Å². The summed E-state index contributed by atoms with van der Waals surface area (Å²) in [6.07, 6.45) is 1.70. The van der Waals surface area contributed by atoms with Gasteiger partial charge in [-0.15, -0.1) is 11.8 Å². The molecule has 0 radical (unpaired) electrons. The topological polar surface area (TPSA) is 46.1 Å². The van der Waals surface area contributed by atoms with Crippen molar-refractivity contribution in [2.45, 2.75) is 18.4 Å². The number of carbonyl (C=O) groups excluding carboxylic acids is 1. The molecule has 0 spiro atoms. The predicted octanol–water partition coefficient (Wildman–Crippen LogP) is 6.12. The van der Waals surface area contributed by atoms with Crippen molar-refractivity contribution in [2.75, 3.05) is 10.7 Å². The van der Waals surface area contributed by atoms with Gasteiger partial charge in [-0.1, -0.05) is 29.0 Å². The molecule has 2 aromatic heterocycles. The number of hydrogen-bond acceptors (Lipinski definition) is 5. The number of pyridine rings is 1. The fourth-order valence-electron chi connectivity index (χ4n) is 2.87. The van der Waals surface area contributed by atoms with E-state index in [2.05, 4.69) is 4.98 Å². The number of halogens is 2. The van der Waals surface area contributed by atoms with Crippen LogP contribution in [0.3, 0.4) is 0 Å². The summed E-state index contributed by atoms with van der Waals surface area (Å²) < 4.78 is 14.1. The number of thioether (sulfide) groups is 1. The van der Waals surface area contributed by atoms with Crippen molar-refractivity contribution in [2.24, 2.45) is 0 Å². The molecule has 0 bridgehead atoms. The molecule has 2 heterocycles. The van der Waals surface area contributed by atoms with Crippen LogP contribution in [0.15, 0.2) is 65.7 Å². The Bertz CT molecular complexity index is 1180. The molecule has 0 aliphatic rings. The van der Waals surface area contributed by atoms with E-state index in [-0.39, 0.29) is 17.5 Å². The Hall–Kier alpha value is -2.48. The molecule has 0 N–H and O–H groups in total. The molecule has 0 saturated carbocycles. The summed E-state index contributed by atoms with van der Waals surface area (Å²) in [7, 11) is 0. The SMILES string of the molecule is Cc1c(Cl)ccc2sc(N(Cc3ccccn3)C(=O)CSc3ccc(F)cc3)nc12. The van der Waals surface area contributed by atoms with Gasteiger partial charge in [0.2, 0.25) is 5.91 Å². The molecule has 152 valence electrons. The number of benzene rings is 2. The molecule has 4 aromatic rings. The van der Waals surface area contributed by atoms with Gasteiger partial charge in [-0.3, -0.25) is 14.7 Å². The number of nitrogens with zero attached hydrogens (tertiary/aromatic N) is 3. The maximum Gasteiger partial charge on any atom is 0.239 e. The predicted molar refractivity (Wildman–Crippen MR) is 122 cm³/mol. The summed E-state index contributed by atoms with van der Waals surface area (Å²) in [5.74, 6) is -0.197. The third kappa shape index (κ3) is 4.64. The van der Waals surface area contributed by atoms with Crippen LogP contribution in [0.4, 0.5) is 9.52 Å². The van der Waals surface area contributed by atoms with Crippen LogP contribution in [0.1, 0.15) is 11.3 Å². The number of anilines is 1. The highest BCUT2D eigenvalue weighted by Gasteiger charge is 2.22. The molecule has 1 amide bonds. The van der Waals surface area contributed by atoms with E-state index in [0.717, 1.165) is 26.4 Å². The summed E-state index contributed by atoms with van der Waals surface area (Å²) in [6, 6.07) is 15.5. The van der Waals surface area contributed by atoms with Crippen LogP contribution in [-0.4, -0.2) is 21.6 Å². The number of hydrogen-bond donors (Lipinski definition) is 0. The summed E-state index contributed by atoms with van der Waals surface area (Å²) in [4.78, 5) is 24.7. The lowest BCUT2D eigenvalue weighted by Crippen LogP contribution is -2.32. The number of aromatic nitrogens is 2. The van der Waals surface area contributed by atoms with Gasteiger partial charge in [0, 0.05) is 16.1 Å². The van der Waals surface area contributed by atoms with Crippen molar-refractivity contribution in [3.05, 3.63) is 82.9 Å².